The number of nitrogens with zero attached hydrogens (tertiary/aromatic N) is 1. The molecule has 5 heteroatoms. The molecule has 21 heavy (non-hydrogen) atoms. The molecule has 0 spiro atoms. The number of hydrogen-bond donors (Lipinski definition) is 1. The van der Waals surface area contributed by atoms with Crippen molar-refractivity contribution in [3.8, 4) is 11.8 Å². The molecule has 1 aromatic heterocycles. The molecule has 2 rings (SSSR count). The van der Waals surface area contributed by atoms with Gasteiger partial charge in [0, 0.05) is 22.4 Å². The van der Waals surface area contributed by atoms with Crippen molar-refractivity contribution >= 4 is 22.0 Å². The van der Waals surface area contributed by atoms with Crippen LogP contribution in [0.2, 0.25) is 0 Å². The normalized spacial score (nSPS) is 9.38. The van der Waals surface area contributed by atoms with Crippen molar-refractivity contribution in [3.63, 3.8) is 0 Å². The maximum atomic E-state index is 11.5. The van der Waals surface area contributed by atoms with Crippen LogP contribution in [-0.4, -0.2) is 17.6 Å². The van der Waals surface area contributed by atoms with Crippen molar-refractivity contribution in [1.29, 1.82) is 0 Å². The minimum Gasteiger partial charge on any atom is -0.445 e. The average Bonchev–Trinajstić information content (AvgIpc) is 2.51. The van der Waals surface area contributed by atoms with E-state index in [2.05, 4.69) is 38.1 Å². The van der Waals surface area contributed by atoms with E-state index in [9.17, 15) is 4.79 Å². The number of nitrogens with one attached hydrogen (secondary N) is 1. The molecule has 0 fully saturated rings. The maximum absolute atomic E-state index is 11.5. The second kappa shape index (κ2) is 8.08. The molecule has 0 saturated carbocycles. The predicted octanol–water partition coefficient (Wildman–Crippen LogP) is 3.12. The number of amides is 1. The summed E-state index contributed by atoms with van der Waals surface area (Å²) >= 11 is 3.32. The van der Waals surface area contributed by atoms with E-state index in [0.717, 1.165) is 15.6 Å². The Morgan fingerprint density at radius 2 is 2.10 bits per heavy atom. The van der Waals surface area contributed by atoms with Crippen molar-refractivity contribution in [2.24, 2.45) is 0 Å². The van der Waals surface area contributed by atoms with Gasteiger partial charge in [-0.1, -0.05) is 42.2 Å². The fraction of sp³-hybridized carbons (Fsp3) is 0.125. The number of halogens is 1. The van der Waals surface area contributed by atoms with Gasteiger partial charge in [0.2, 0.25) is 0 Å². The van der Waals surface area contributed by atoms with E-state index in [1.54, 1.807) is 12.4 Å². The standard InChI is InChI=1S/C16H13BrN2O2/c17-15-9-14(10-18-11-15)7-4-8-19-16(20)21-12-13-5-2-1-3-6-13/h1-3,5-6,9-11H,8,12H2,(H,19,20). The average molecular weight is 345 g/mol. The molecule has 0 atom stereocenters. The number of hydrogen-bond acceptors (Lipinski definition) is 3. The molecule has 1 aromatic carbocycles. The third kappa shape index (κ3) is 5.67. The third-order valence-electron chi connectivity index (χ3n) is 2.47. The molecule has 0 aliphatic rings. The summed E-state index contributed by atoms with van der Waals surface area (Å²) in [5, 5.41) is 2.57. The largest absolute Gasteiger partial charge is 0.445 e. The summed E-state index contributed by atoms with van der Waals surface area (Å²) < 4.78 is 5.93. The van der Waals surface area contributed by atoms with Crippen LogP contribution in [0.1, 0.15) is 11.1 Å². The topological polar surface area (TPSA) is 51.2 Å². The highest BCUT2D eigenvalue weighted by Gasteiger charge is 2.00. The van der Waals surface area contributed by atoms with Crippen LogP contribution in [0.4, 0.5) is 4.79 Å². The Morgan fingerprint density at radius 1 is 1.29 bits per heavy atom. The van der Waals surface area contributed by atoms with Crippen LogP contribution in [0.5, 0.6) is 0 Å². The summed E-state index contributed by atoms with van der Waals surface area (Å²) in [6.45, 7) is 0.468. The van der Waals surface area contributed by atoms with Crippen molar-refractivity contribution < 1.29 is 9.53 Å². The van der Waals surface area contributed by atoms with Gasteiger partial charge in [-0.2, -0.15) is 0 Å². The van der Waals surface area contributed by atoms with E-state index in [-0.39, 0.29) is 13.2 Å². The van der Waals surface area contributed by atoms with Gasteiger partial charge in [0.05, 0.1) is 6.54 Å². The zero-order chi connectivity index (χ0) is 14.9. The summed E-state index contributed by atoms with van der Waals surface area (Å²) in [6.07, 6.45) is 2.86. The van der Waals surface area contributed by atoms with Gasteiger partial charge in [0.25, 0.3) is 0 Å². The molecule has 0 unspecified atom stereocenters. The van der Waals surface area contributed by atoms with Gasteiger partial charge in [-0.25, -0.2) is 4.79 Å². The SMILES string of the molecule is O=C(NCC#Cc1cncc(Br)c1)OCc1ccccc1. The lowest BCUT2D eigenvalue weighted by molar-refractivity contribution is 0.141. The first-order valence-corrected chi connectivity index (χ1v) is 7.07. The number of pyridine rings is 1. The van der Waals surface area contributed by atoms with E-state index in [0.29, 0.717) is 0 Å². The Morgan fingerprint density at radius 3 is 2.86 bits per heavy atom. The van der Waals surface area contributed by atoms with Crippen LogP contribution in [0.15, 0.2) is 53.3 Å². The zero-order valence-electron chi connectivity index (χ0n) is 11.2. The Kier molecular flexibility index (Phi) is 5.80. The summed E-state index contributed by atoms with van der Waals surface area (Å²) in [6, 6.07) is 11.4. The fourth-order valence-corrected chi connectivity index (χ4v) is 1.88. The number of carbonyl (C=O) groups excluding carboxylic acids is 1. The first-order valence-electron chi connectivity index (χ1n) is 6.28. The summed E-state index contributed by atoms with van der Waals surface area (Å²) in [4.78, 5) is 15.5. The van der Waals surface area contributed by atoms with Crippen LogP contribution in [0, 0.1) is 11.8 Å². The molecule has 1 heterocycles. The van der Waals surface area contributed by atoms with E-state index in [4.69, 9.17) is 4.74 Å². The minimum absolute atomic E-state index is 0.222. The molecule has 1 N–H and O–H groups in total. The highest BCUT2D eigenvalue weighted by Crippen LogP contribution is 2.08. The number of alkyl carbamates (subject to hydrolysis) is 1. The van der Waals surface area contributed by atoms with Crippen molar-refractivity contribution in [3.05, 3.63) is 64.4 Å². The van der Waals surface area contributed by atoms with Gasteiger partial charge < -0.3 is 10.1 Å². The number of benzene rings is 1. The van der Waals surface area contributed by atoms with Gasteiger partial charge in [-0.3, -0.25) is 4.98 Å². The predicted molar refractivity (Wildman–Crippen MR) is 83.4 cm³/mol. The molecule has 2 aromatic rings. The lowest BCUT2D eigenvalue weighted by atomic mass is 10.2. The molecule has 0 radical (unpaired) electrons. The first-order chi connectivity index (χ1) is 10.2. The summed E-state index contributed by atoms with van der Waals surface area (Å²) in [5.74, 6) is 5.74. The van der Waals surface area contributed by atoms with Crippen molar-refractivity contribution in [2.45, 2.75) is 6.61 Å². The number of rotatable bonds is 3. The molecule has 1 amide bonds. The van der Waals surface area contributed by atoms with Crippen LogP contribution in [0.25, 0.3) is 0 Å². The minimum atomic E-state index is -0.486. The highest BCUT2D eigenvalue weighted by molar-refractivity contribution is 9.10. The summed E-state index contributed by atoms with van der Waals surface area (Å²) in [7, 11) is 0. The molecular weight excluding hydrogens is 332 g/mol. The van der Waals surface area contributed by atoms with Crippen LogP contribution < -0.4 is 5.32 Å². The van der Waals surface area contributed by atoms with Crippen molar-refractivity contribution in [2.75, 3.05) is 6.54 Å². The molecule has 4 nitrogen and oxygen atoms in total. The Balaban J connectivity index is 1.72. The van der Waals surface area contributed by atoms with Gasteiger partial charge >= 0.3 is 6.09 Å². The number of carbonyl (C=O) groups is 1. The molecule has 0 saturated heterocycles. The number of aromatic nitrogens is 1. The Bertz CT molecular complexity index is 663. The Labute approximate surface area is 131 Å². The van der Waals surface area contributed by atoms with Gasteiger partial charge in [-0.05, 0) is 27.6 Å². The van der Waals surface area contributed by atoms with Crippen LogP contribution in [-0.2, 0) is 11.3 Å². The molecule has 0 aliphatic heterocycles. The van der Waals surface area contributed by atoms with E-state index >= 15 is 0 Å². The molecule has 106 valence electrons. The third-order valence-corrected chi connectivity index (χ3v) is 2.91. The molecule has 0 bridgehead atoms. The zero-order valence-corrected chi connectivity index (χ0v) is 12.8. The molecular formula is C16H13BrN2O2. The fourth-order valence-electron chi connectivity index (χ4n) is 1.52. The lowest BCUT2D eigenvalue weighted by Gasteiger charge is -2.04. The Hall–Kier alpha value is -2.32. The van der Waals surface area contributed by atoms with E-state index in [1.165, 1.54) is 0 Å². The van der Waals surface area contributed by atoms with Crippen LogP contribution >= 0.6 is 15.9 Å². The van der Waals surface area contributed by atoms with Gasteiger partial charge in [0.1, 0.15) is 6.61 Å². The summed E-state index contributed by atoms with van der Waals surface area (Å²) in [5.41, 5.74) is 1.72. The monoisotopic (exact) mass is 344 g/mol. The maximum Gasteiger partial charge on any atom is 0.408 e. The van der Waals surface area contributed by atoms with Crippen molar-refractivity contribution in [1.82, 2.24) is 10.3 Å². The lowest BCUT2D eigenvalue weighted by Crippen LogP contribution is -2.24. The second-order valence-electron chi connectivity index (χ2n) is 4.11. The smallest absolute Gasteiger partial charge is 0.408 e. The molecule has 0 aliphatic carbocycles. The number of ether oxygens (including phenoxy) is 1. The van der Waals surface area contributed by atoms with Gasteiger partial charge in [0.15, 0.2) is 0 Å². The van der Waals surface area contributed by atoms with E-state index < -0.39 is 6.09 Å². The van der Waals surface area contributed by atoms with Gasteiger partial charge in [-0.15, -0.1) is 0 Å². The first kappa shape index (κ1) is 15.1. The highest BCUT2D eigenvalue weighted by atomic mass is 79.9. The quantitative estimate of drug-likeness (QED) is 0.870. The van der Waals surface area contributed by atoms with Crippen LogP contribution in [0.3, 0.4) is 0 Å². The second-order valence-corrected chi connectivity index (χ2v) is 5.02. The van der Waals surface area contributed by atoms with E-state index in [1.807, 2.05) is 36.4 Å².